The highest BCUT2D eigenvalue weighted by Gasteiger charge is 2.32. The van der Waals surface area contributed by atoms with Crippen molar-refractivity contribution in [2.75, 3.05) is 11.9 Å². The van der Waals surface area contributed by atoms with Crippen LogP contribution < -0.4 is 5.32 Å². The van der Waals surface area contributed by atoms with Gasteiger partial charge in [0.15, 0.2) is 0 Å². The van der Waals surface area contributed by atoms with E-state index in [4.69, 9.17) is 4.42 Å². The van der Waals surface area contributed by atoms with Gasteiger partial charge in [0, 0.05) is 47.8 Å². The lowest BCUT2D eigenvalue weighted by atomic mass is 9.84. The van der Waals surface area contributed by atoms with E-state index in [1.54, 1.807) is 0 Å². The zero-order chi connectivity index (χ0) is 21.4. The van der Waals surface area contributed by atoms with Gasteiger partial charge < -0.3 is 14.6 Å². The molecular formula is C26H26N2O3. The van der Waals surface area contributed by atoms with Crippen LogP contribution in [0.1, 0.15) is 46.5 Å². The van der Waals surface area contributed by atoms with Crippen molar-refractivity contribution in [2.24, 2.45) is 5.92 Å². The van der Waals surface area contributed by atoms with E-state index in [1.165, 1.54) is 6.42 Å². The summed E-state index contributed by atoms with van der Waals surface area (Å²) in [6, 6.07) is 17.2. The highest BCUT2D eigenvalue weighted by molar-refractivity contribution is 6.04. The van der Waals surface area contributed by atoms with Crippen molar-refractivity contribution in [3.8, 4) is 11.3 Å². The Labute approximate surface area is 182 Å². The molecule has 0 saturated heterocycles. The van der Waals surface area contributed by atoms with Gasteiger partial charge in [-0.1, -0.05) is 24.1 Å². The van der Waals surface area contributed by atoms with Gasteiger partial charge in [0.2, 0.25) is 5.91 Å². The quantitative estimate of drug-likeness (QED) is 0.639. The lowest BCUT2D eigenvalue weighted by molar-refractivity contribution is -0.139. The van der Waals surface area contributed by atoms with Gasteiger partial charge in [-0.25, -0.2) is 0 Å². The lowest BCUT2D eigenvalue weighted by Crippen LogP contribution is -2.41. The van der Waals surface area contributed by atoms with Gasteiger partial charge in [-0.15, -0.1) is 0 Å². The minimum atomic E-state index is -0.127. The third-order valence-electron chi connectivity index (χ3n) is 6.37. The predicted octanol–water partition coefficient (Wildman–Crippen LogP) is 5.19. The molecule has 1 N–H and O–H groups in total. The Bertz CT molecular complexity index is 1110. The van der Waals surface area contributed by atoms with Crippen LogP contribution >= 0.6 is 0 Å². The van der Waals surface area contributed by atoms with E-state index in [9.17, 15) is 9.59 Å². The van der Waals surface area contributed by atoms with Crippen molar-refractivity contribution in [1.29, 1.82) is 0 Å². The number of carbonyl (C=O) groups excluding carboxylic acids is 2. The van der Waals surface area contributed by atoms with Gasteiger partial charge in [-0.2, -0.15) is 0 Å². The Morgan fingerprint density at radius 3 is 2.45 bits per heavy atom. The van der Waals surface area contributed by atoms with E-state index >= 15 is 0 Å². The van der Waals surface area contributed by atoms with Crippen LogP contribution in [0.15, 0.2) is 59.0 Å². The molecule has 1 fully saturated rings. The first-order chi connectivity index (χ1) is 15.1. The fourth-order valence-electron chi connectivity index (χ4n) is 4.20. The van der Waals surface area contributed by atoms with Gasteiger partial charge >= 0.3 is 0 Å². The Balaban J connectivity index is 1.26. The normalized spacial score (nSPS) is 15.8. The molecule has 31 heavy (non-hydrogen) atoms. The molecule has 1 aliphatic carbocycles. The van der Waals surface area contributed by atoms with E-state index in [-0.39, 0.29) is 11.8 Å². The fourth-order valence-corrected chi connectivity index (χ4v) is 4.20. The van der Waals surface area contributed by atoms with Gasteiger partial charge in [0.05, 0.1) is 0 Å². The number of amides is 2. The minimum absolute atomic E-state index is 0.127. The summed E-state index contributed by atoms with van der Waals surface area (Å²) >= 11 is 0. The first-order valence-corrected chi connectivity index (χ1v) is 11.0. The number of hydrogen-bond donors (Lipinski definition) is 1. The Morgan fingerprint density at radius 2 is 1.77 bits per heavy atom. The second-order valence-corrected chi connectivity index (χ2v) is 8.59. The minimum Gasteiger partial charge on any atom is -0.461 e. The molecule has 5 nitrogen and oxygen atoms in total. The van der Waals surface area contributed by atoms with Crippen LogP contribution in [0.5, 0.6) is 0 Å². The van der Waals surface area contributed by atoms with E-state index in [1.807, 2.05) is 60.4 Å². The van der Waals surface area contributed by atoms with E-state index in [0.717, 1.165) is 59.7 Å². The molecule has 5 heteroatoms. The molecule has 3 aromatic rings. The number of furan rings is 1. The van der Waals surface area contributed by atoms with Crippen LogP contribution in [-0.2, 0) is 17.8 Å². The van der Waals surface area contributed by atoms with E-state index < -0.39 is 0 Å². The summed E-state index contributed by atoms with van der Waals surface area (Å²) in [7, 11) is 0. The van der Waals surface area contributed by atoms with Crippen LogP contribution in [0.2, 0.25) is 0 Å². The average Bonchev–Trinajstić information content (AvgIpc) is 3.17. The number of fused-ring (bicyclic) bond motifs is 1. The highest BCUT2D eigenvalue weighted by Crippen LogP contribution is 2.33. The van der Waals surface area contributed by atoms with Crippen LogP contribution in [0.3, 0.4) is 0 Å². The summed E-state index contributed by atoms with van der Waals surface area (Å²) < 4.78 is 6.10. The molecule has 0 radical (unpaired) electrons. The van der Waals surface area contributed by atoms with Gasteiger partial charge in [0.25, 0.3) is 5.91 Å². The zero-order valence-corrected chi connectivity index (χ0v) is 17.7. The Kier molecular flexibility index (Phi) is 5.10. The van der Waals surface area contributed by atoms with Crippen molar-refractivity contribution < 1.29 is 14.0 Å². The number of benzene rings is 2. The molecule has 2 heterocycles. The number of hydrogen-bond acceptors (Lipinski definition) is 3. The van der Waals surface area contributed by atoms with Crippen LogP contribution in [-0.4, -0.2) is 23.3 Å². The number of carbonyl (C=O) groups is 2. The zero-order valence-electron chi connectivity index (χ0n) is 17.7. The summed E-state index contributed by atoms with van der Waals surface area (Å²) in [5.74, 6) is 2.19. The number of nitrogens with one attached hydrogen (secondary N) is 1. The Morgan fingerprint density at radius 1 is 1.03 bits per heavy atom. The summed E-state index contributed by atoms with van der Waals surface area (Å²) in [6.45, 7) is 3.37. The average molecular weight is 415 g/mol. The molecule has 158 valence electrons. The first-order valence-electron chi connectivity index (χ1n) is 11.0. The molecule has 1 saturated carbocycles. The molecule has 0 spiro atoms. The second-order valence-electron chi connectivity index (χ2n) is 8.59. The smallest absolute Gasteiger partial charge is 0.255 e. The molecule has 2 aromatic carbocycles. The van der Waals surface area contributed by atoms with Gasteiger partial charge in [0.1, 0.15) is 11.5 Å². The third-order valence-corrected chi connectivity index (χ3v) is 6.37. The van der Waals surface area contributed by atoms with Gasteiger partial charge in [-0.3, -0.25) is 9.59 Å². The van der Waals surface area contributed by atoms with Crippen molar-refractivity contribution >= 4 is 17.5 Å². The summed E-state index contributed by atoms with van der Waals surface area (Å²) in [5, 5.41) is 2.93. The SMILES string of the molecule is Cc1ccc(C(=O)Nc2ccc(-c3cc4c(o3)CCN(C(=O)C3CCC3)C4)cc2)cc1. The van der Waals surface area contributed by atoms with Crippen LogP contribution in [0.25, 0.3) is 11.3 Å². The summed E-state index contributed by atoms with van der Waals surface area (Å²) in [4.78, 5) is 27.0. The van der Waals surface area contributed by atoms with Crippen molar-refractivity contribution in [1.82, 2.24) is 4.90 Å². The topological polar surface area (TPSA) is 62.6 Å². The lowest BCUT2D eigenvalue weighted by Gasteiger charge is -2.33. The highest BCUT2D eigenvalue weighted by atomic mass is 16.3. The molecule has 0 unspecified atom stereocenters. The fraction of sp³-hybridized carbons (Fsp3) is 0.308. The maximum Gasteiger partial charge on any atom is 0.255 e. The van der Waals surface area contributed by atoms with Crippen LogP contribution in [0, 0.1) is 12.8 Å². The van der Waals surface area contributed by atoms with E-state index in [0.29, 0.717) is 18.0 Å². The molecule has 0 atom stereocenters. The van der Waals surface area contributed by atoms with Crippen molar-refractivity contribution in [3.63, 3.8) is 0 Å². The molecule has 2 amide bonds. The van der Waals surface area contributed by atoms with Crippen LogP contribution in [0.4, 0.5) is 5.69 Å². The van der Waals surface area contributed by atoms with E-state index in [2.05, 4.69) is 11.4 Å². The second kappa shape index (κ2) is 8.06. The third kappa shape index (κ3) is 4.00. The van der Waals surface area contributed by atoms with Gasteiger partial charge in [-0.05, 0) is 62.2 Å². The first kappa shape index (κ1) is 19.6. The molecular weight excluding hydrogens is 388 g/mol. The maximum atomic E-state index is 12.6. The number of anilines is 1. The summed E-state index contributed by atoms with van der Waals surface area (Å²) in [6.07, 6.45) is 4.00. The molecule has 1 aromatic heterocycles. The molecule has 0 bridgehead atoms. The standard InChI is InChI=1S/C26H26N2O3/c1-17-5-7-19(8-6-17)25(29)27-22-11-9-18(10-12-22)24-15-21-16-28(14-13-23(21)31-24)26(30)20-3-2-4-20/h5-12,15,20H,2-4,13-14,16H2,1H3,(H,27,29). The number of rotatable bonds is 4. The Hall–Kier alpha value is -3.34. The van der Waals surface area contributed by atoms with Crippen molar-refractivity contribution in [3.05, 3.63) is 77.0 Å². The molecule has 1 aliphatic heterocycles. The maximum absolute atomic E-state index is 12.6. The summed E-state index contributed by atoms with van der Waals surface area (Å²) in [5.41, 5.74) is 4.56. The largest absolute Gasteiger partial charge is 0.461 e. The molecule has 5 rings (SSSR count). The number of aryl methyl sites for hydroxylation is 1. The molecule has 2 aliphatic rings. The predicted molar refractivity (Wildman–Crippen MR) is 120 cm³/mol. The number of nitrogens with zero attached hydrogens (tertiary/aromatic N) is 1. The van der Waals surface area contributed by atoms with Crippen molar-refractivity contribution in [2.45, 2.75) is 39.2 Å². The monoisotopic (exact) mass is 414 g/mol.